The summed E-state index contributed by atoms with van der Waals surface area (Å²) in [4.78, 5) is 0.214. The van der Waals surface area contributed by atoms with Crippen molar-refractivity contribution in [2.75, 3.05) is 0 Å². The maximum atomic E-state index is 12.6. The van der Waals surface area contributed by atoms with Crippen molar-refractivity contribution < 1.29 is 4.48 Å². The monoisotopic (exact) mass is 158 g/mol. The van der Waals surface area contributed by atoms with Crippen LogP contribution in [-0.4, -0.2) is 20.4 Å². The van der Waals surface area contributed by atoms with Crippen LogP contribution in [0, 0.1) is 5.41 Å². The molecule has 0 unspecified atom stereocenters. The first-order chi connectivity index (χ1) is 4.99. The van der Waals surface area contributed by atoms with E-state index in [0.29, 0.717) is 6.42 Å². The molecular formula is C6H11FN4. The van der Waals surface area contributed by atoms with Gasteiger partial charge in [-0.05, 0) is 15.8 Å². The van der Waals surface area contributed by atoms with Crippen LogP contribution >= 0.6 is 0 Å². The lowest BCUT2D eigenvalue weighted by molar-refractivity contribution is 0.273. The van der Waals surface area contributed by atoms with Crippen LogP contribution in [0.15, 0.2) is 0 Å². The van der Waals surface area contributed by atoms with Gasteiger partial charge in [0, 0.05) is 6.42 Å². The maximum absolute atomic E-state index is 12.6. The Kier molecular flexibility index (Phi) is 1.89. The molecule has 0 bridgehead atoms. The molecule has 0 atom stereocenters. The fourth-order valence-corrected chi connectivity index (χ4v) is 0.770. The molecule has 0 amide bonds. The van der Waals surface area contributed by atoms with Gasteiger partial charge in [-0.2, -0.15) is 0 Å². The van der Waals surface area contributed by atoms with E-state index >= 15 is 0 Å². The average Bonchev–Trinajstić information content (AvgIpc) is 2.12. The van der Waals surface area contributed by atoms with Crippen molar-refractivity contribution >= 4 is 0 Å². The van der Waals surface area contributed by atoms with Crippen LogP contribution in [0.4, 0.5) is 4.48 Å². The minimum absolute atomic E-state index is 0.0125. The second-order valence-corrected chi connectivity index (χ2v) is 3.69. The summed E-state index contributed by atoms with van der Waals surface area (Å²) in [5.74, 6) is 0.275. The summed E-state index contributed by atoms with van der Waals surface area (Å²) in [6, 6.07) is 0. The summed E-state index contributed by atoms with van der Waals surface area (Å²) in [6.45, 7) is 6.00. The lowest BCUT2D eigenvalue weighted by Crippen LogP contribution is -2.12. The van der Waals surface area contributed by atoms with E-state index in [4.69, 9.17) is 0 Å². The van der Waals surface area contributed by atoms with E-state index in [-0.39, 0.29) is 16.1 Å². The molecule has 5 heteroatoms. The van der Waals surface area contributed by atoms with Gasteiger partial charge in [-0.1, -0.05) is 30.2 Å². The quantitative estimate of drug-likeness (QED) is 0.612. The number of hydrogen-bond acceptors (Lipinski definition) is 3. The summed E-state index contributed by atoms with van der Waals surface area (Å²) in [7, 11) is 0. The molecule has 1 heterocycles. The molecule has 4 nitrogen and oxygen atoms in total. The fourth-order valence-electron chi connectivity index (χ4n) is 0.770. The fraction of sp³-hybridized carbons (Fsp3) is 0.833. The van der Waals surface area contributed by atoms with Crippen molar-refractivity contribution in [3.05, 3.63) is 5.82 Å². The summed E-state index contributed by atoms with van der Waals surface area (Å²) >= 11 is 0. The number of aromatic nitrogens is 4. The van der Waals surface area contributed by atoms with Gasteiger partial charge in [-0.3, -0.25) is 0 Å². The highest BCUT2D eigenvalue weighted by Crippen LogP contribution is 2.18. The molecule has 0 saturated carbocycles. The van der Waals surface area contributed by atoms with E-state index in [9.17, 15) is 4.48 Å². The lowest BCUT2D eigenvalue weighted by atomic mass is 9.92. The highest BCUT2D eigenvalue weighted by Gasteiger charge is 2.16. The molecule has 0 aliphatic carbocycles. The van der Waals surface area contributed by atoms with Crippen LogP contribution in [0.2, 0.25) is 0 Å². The van der Waals surface area contributed by atoms with Crippen molar-refractivity contribution in [1.82, 2.24) is 20.4 Å². The van der Waals surface area contributed by atoms with Crippen LogP contribution < -0.4 is 0 Å². The summed E-state index contributed by atoms with van der Waals surface area (Å²) in [6.07, 6.45) is 0.538. The Bertz CT molecular complexity index is 237. The Labute approximate surface area is 64.3 Å². The second kappa shape index (κ2) is 2.56. The molecule has 0 aliphatic rings. The molecule has 0 aromatic carbocycles. The molecule has 1 aromatic heterocycles. The molecule has 0 radical (unpaired) electrons. The predicted octanol–water partition coefficient (Wildman–Crippen LogP) is 0.994. The largest absolute Gasteiger partial charge is 0.187 e. The Morgan fingerprint density at radius 1 is 1.45 bits per heavy atom. The molecule has 11 heavy (non-hydrogen) atoms. The Hall–Kier alpha value is -1.00. The summed E-state index contributed by atoms with van der Waals surface area (Å²) in [5, 5.41) is 9.81. The number of hydrogen-bond donors (Lipinski definition) is 0. The highest BCUT2D eigenvalue weighted by molar-refractivity contribution is 4.84. The zero-order valence-electron chi connectivity index (χ0n) is 6.87. The molecule has 62 valence electrons. The summed E-state index contributed by atoms with van der Waals surface area (Å²) < 4.78 is 12.6. The maximum Gasteiger partial charge on any atom is 0.187 e. The molecular weight excluding hydrogens is 147 g/mol. The number of halogens is 1. The minimum Gasteiger partial charge on any atom is -0.111 e. The van der Waals surface area contributed by atoms with Gasteiger partial charge in [0.15, 0.2) is 5.82 Å². The molecule has 0 saturated heterocycles. The number of rotatable bonds is 1. The topological polar surface area (TPSA) is 43.6 Å². The molecule has 1 rings (SSSR count). The second-order valence-electron chi connectivity index (χ2n) is 3.69. The van der Waals surface area contributed by atoms with E-state index in [2.05, 4.69) is 15.5 Å². The van der Waals surface area contributed by atoms with Gasteiger partial charge in [-0.15, -0.1) is 5.10 Å². The van der Waals surface area contributed by atoms with Crippen molar-refractivity contribution in [2.24, 2.45) is 5.41 Å². The minimum atomic E-state index is 0.0125. The zero-order valence-corrected chi connectivity index (χ0v) is 6.87. The Balaban J connectivity index is 2.72. The smallest absolute Gasteiger partial charge is 0.111 e. The molecule has 0 fully saturated rings. The van der Waals surface area contributed by atoms with Crippen molar-refractivity contribution in [2.45, 2.75) is 27.2 Å². The van der Waals surface area contributed by atoms with Gasteiger partial charge < -0.3 is 0 Å². The first-order valence-corrected chi connectivity index (χ1v) is 3.42. The van der Waals surface area contributed by atoms with E-state index in [1.165, 1.54) is 0 Å². The first-order valence-electron chi connectivity index (χ1n) is 3.42. The van der Waals surface area contributed by atoms with E-state index in [1.54, 1.807) is 0 Å². The van der Waals surface area contributed by atoms with Crippen LogP contribution in [0.5, 0.6) is 0 Å². The Morgan fingerprint density at radius 3 is 2.45 bits per heavy atom. The molecule has 0 N–H and O–H groups in total. The number of nitrogens with zero attached hydrogens (tertiary/aromatic N) is 4. The Morgan fingerprint density at radius 2 is 2.09 bits per heavy atom. The van der Waals surface area contributed by atoms with Gasteiger partial charge in [-0.25, -0.2) is 0 Å². The van der Waals surface area contributed by atoms with Gasteiger partial charge in [0.05, 0.1) is 0 Å². The van der Waals surface area contributed by atoms with Crippen LogP contribution in [-0.2, 0) is 6.42 Å². The van der Waals surface area contributed by atoms with Crippen molar-refractivity contribution in [3.8, 4) is 0 Å². The molecule has 1 aromatic rings. The van der Waals surface area contributed by atoms with Crippen molar-refractivity contribution in [3.63, 3.8) is 0 Å². The third-order valence-electron chi connectivity index (χ3n) is 1.18. The SMILES string of the molecule is CC(C)(C)Cc1nnnn1F. The van der Waals surface area contributed by atoms with Gasteiger partial charge in [0.1, 0.15) is 0 Å². The van der Waals surface area contributed by atoms with Crippen LogP contribution in [0.3, 0.4) is 0 Å². The van der Waals surface area contributed by atoms with Crippen LogP contribution in [0.25, 0.3) is 0 Å². The average molecular weight is 158 g/mol. The summed E-state index contributed by atoms with van der Waals surface area (Å²) in [5.41, 5.74) is 0.0125. The third-order valence-corrected chi connectivity index (χ3v) is 1.18. The van der Waals surface area contributed by atoms with Crippen molar-refractivity contribution in [1.29, 1.82) is 0 Å². The van der Waals surface area contributed by atoms with E-state index in [0.717, 1.165) is 0 Å². The predicted molar refractivity (Wildman–Crippen MR) is 37.5 cm³/mol. The number of tetrazole rings is 1. The van der Waals surface area contributed by atoms with Gasteiger partial charge in [0.25, 0.3) is 0 Å². The standard InChI is InChI=1S/C6H11FN4/c1-6(2,3)4-5-8-9-10-11(5)7/h4H2,1-3H3. The van der Waals surface area contributed by atoms with Gasteiger partial charge in [0.2, 0.25) is 0 Å². The lowest BCUT2D eigenvalue weighted by Gasteiger charge is -2.14. The molecule has 0 spiro atoms. The normalized spacial score (nSPS) is 12.0. The third kappa shape index (κ3) is 2.25. The zero-order chi connectivity index (χ0) is 8.48. The van der Waals surface area contributed by atoms with E-state index < -0.39 is 0 Å². The van der Waals surface area contributed by atoms with Crippen LogP contribution in [0.1, 0.15) is 26.6 Å². The molecule has 0 aliphatic heterocycles. The van der Waals surface area contributed by atoms with Gasteiger partial charge >= 0.3 is 0 Å². The van der Waals surface area contributed by atoms with E-state index in [1.807, 2.05) is 20.8 Å². The highest BCUT2D eigenvalue weighted by atomic mass is 19.2. The first kappa shape index (κ1) is 8.10.